The van der Waals surface area contributed by atoms with Gasteiger partial charge in [-0.1, -0.05) is 146 Å². The van der Waals surface area contributed by atoms with Gasteiger partial charge in [0.15, 0.2) is 47.6 Å². The molecule has 9 aromatic heterocycles. The number of fused-ring (bicyclic) bond motifs is 9. The molecule has 0 unspecified atom stereocenters. The minimum absolute atomic E-state index is 0.0317. The highest BCUT2D eigenvalue weighted by molar-refractivity contribution is 5.92. The van der Waals surface area contributed by atoms with Gasteiger partial charge in [0.1, 0.15) is 34.5 Å². The summed E-state index contributed by atoms with van der Waals surface area (Å²) < 4.78 is 0. The molecular weight excluding hydrogens is 1620 g/mol. The van der Waals surface area contributed by atoms with Gasteiger partial charge in [-0.15, -0.1) is 0 Å². The lowest BCUT2D eigenvalue weighted by molar-refractivity contribution is 0.111. The normalized spacial score (nSPS) is 10.5. The molecule has 0 spiro atoms. The number of nitrogens with two attached hydrogens (primary N) is 10. The van der Waals surface area contributed by atoms with E-state index in [-0.39, 0.29) is 85.1 Å². The minimum atomic E-state index is -0.323. The van der Waals surface area contributed by atoms with E-state index in [9.17, 15) is 43.2 Å². The van der Waals surface area contributed by atoms with Crippen LogP contribution < -0.4 is 90.7 Å². The van der Waals surface area contributed by atoms with Gasteiger partial charge in [-0.3, -0.25) is 53.1 Å². The van der Waals surface area contributed by atoms with Crippen LogP contribution in [0.15, 0.2) is 284 Å². The molecule has 127 heavy (non-hydrogen) atoms. The maximum atomic E-state index is 12.3. The Morgan fingerprint density at radius 2 is 0.622 bits per heavy atom. The number of hydrogen-bond donors (Lipinski definition) is 19. The van der Waals surface area contributed by atoms with Crippen molar-refractivity contribution in [2.24, 2.45) is 0 Å². The molecule has 0 fully saturated rings. The van der Waals surface area contributed by atoms with Crippen LogP contribution in [0.25, 0.3) is 135 Å². The van der Waals surface area contributed by atoms with Crippen LogP contribution in [-0.4, -0.2) is 119 Å². The summed E-state index contributed by atoms with van der Waals surface area (Å²) in [6.45, 7) is 0. The number of pyridine rings is 4. The van der Waals surface area contributed by atoms with Crippen LogP contribution in [-0.2, 0) is 0 Å². The maximum absolute atomic E-state index is 12.3. The summed E-state index contributed by atoms with van der Waals surface area (Å²) in [6.07, 6.45) is 11.5. The number of H-pyrrole nitrogens is 9. The molecule has 29 N–H and O–H groups in total. The summed E-state index contributed by atoms with van der Waals surface area (Å²) in [5, 5.41) is 0. The molecule has 9 aromatic rings. The third-order valence-electron chi connectivity index (χ3n) is 18.6. The van der Waals surface area contributed by atoms with E-state index in [2.05, 4.69) is 99.7 Å². The van der Waals surface area contributed by atoms with Gasteiger partial charge < -0.3 is 102 Å². The van der Waals surface area contributed by atoms with Gasteiger partial charge in [-0.05, 0) is 72.8 Å². The second-order valence-corrected chi connectivity index (χ2v) is 26.8. The van der Waals surface area contributed by atoms with Crippen molar-refractivity contribution in [3.63, 3.8) is 0 Å². The fourth-order valence-electron chi connectivity index (χ4n) is 12.6. The van der Waals surface area contributed by atoms with Crippen LogP contribution in [0, 0.1) is 0 Å². The summed E-state index contributed by atoms with van der Waals surface area (Å²) in [4.78, 5) is 172. The van der Waals surface area contributed by atoms with E-state index in [1.165, 1.54) is 6.20 Å². The lowest BCUT2D eigenvalue weighted by atomic mass is 10.1. The van der Waals surface area contributed by atoms with Crippen molar-refractivity contribution in [2.75, 3.05) is 57.3 Å². The summed E-state index contributed by atoms with van der Waals surface area (Å²) in [5.41, 5.74) is 68.9. The molecule has 39 nitrogen and oxygen atoms in total. The highest BCUT2D eigenvalue weighted by Crippen LogP contribution is 2.33. The number of nitrogens with zero attached hydrogens (tertiary/aromatic N) is 11. The zero-order chi connectivity index (χ0) is 89.8. The van der Waals surface area contributed by atoms with Crippen LogP contribution in [0.3, 0.4) is 0 Å². The summed E-state index contributed by atoms with van der Waals surface area (Å²) >= 11 is 0. The predicted molar refractivity (Wildman–Crippen MR) is 489 cm³/mol. The molecule has 0 saturated heterocycles. The molecule has 0 atom stereocenters. The number of aldehydes is 3. The molecule has 0 aromatic carbocycles. The lowest BCUT2D eigenvalue weighted by Crippen LogP contribution is -2.07. The van der Waals surface area contributed by atoms with Crippen molar-refractivity contribution in [3.8, 4) is 102 Å². The number of imidazole rings is 3. The van der Waals surface area contributed by atoms with E-state index < -0.39 is 0 Å². The van der Waals surface area contributed by atoms with E-state index in [0.717, 1.165) is 50.3 Å². The Hall–Kier alpha value is -19.2. The molecule has 15 heterocycles. The van der Waals surface area contributed by atoms with Crippen LogP contribution >= 0.6 is 0 Å². The standard InChI is InChI=1S/2C15H10N4O.C14H11N7O.3C10H7NO2.2C5H7N3.C4H8N6/c20-15-12(9-5-2-1-3-6-10(9)18-15)14-17-11-7-4-8-16-13(11)19-14;20-15-13(9-4-2-1-3-5-10(9)19-15)14-17-11-6-7-16-8-12(11)18-14;15-10-9-12(21-14(16)19-10)20-11(18-9)8-6-4-2-1-3-5-7(6)17-13(8)22;3*12-6-8-7-4-2-1-3-5-9(7)11-10(8)13;6-4-1-2-8-3-5(4)7;6-4-2-1-3-8-5(4)7;5-1-2(6)9-4(8)10-3(1)7/h1-8H,(H,18,20)(H,16,17,19);1-8H,(H,17,18)(H,19,20);1-5H,(H,17,22)(H5,15,16,18,19,20,21);3*1-6H,(H,11,13);1-3H,7H2,(H2,6,8);1-3H,6H2,(H2,7,8);5H2,(H6,6,7,8,9,10). The average molecular weight is 1700 g/mol. The third-order valence-corrected chi connectivity index (χ3v) is 18.6. The Balaban J connectivity index is 0.000000125. The molecule has 12 aliphatic rings. The van der Waals surface area contributed by atoms with Crippen LogP contribution in [0.4, 0.5) is 57.9 Å². The molecule has 0 radical (unpaired) electrons. The monoisotopic (exact) mass is 1690 g/mol. The molecular formula is C88H74N30O9. The van der Waals surface area contributed by atoms with Crippen molar-refractivity contribution in [2.45, 2.75) is 0 Å². The zero-order valence-electron chi connectivity index (χ0n) is 66.3. The first-order chi connectivity index (χ1) is 61.5. The molecule has 630 valence electrons. The number of nitrogens with one attached hydrogen (secondary N) is 9. The minimum Gasteiger partial charge on any atom is -0.397 e. The van der Waals surface area contributed by atoms with Gasteiger partial charge in [0, 0.05) is 92.3 Å². The van der Waals surface area contributed by atoms with Crippen molar-refractivity contribution in [1.29, 1.82) is 0 Å². The largest absolute Gasteiger partial charge is 0.397 e. The molecule has 0 saturated carbocycles. The van der Waals surface area contributed by atoms with Gasteiger partial charge in [-0.2, -0.15) is 19.9 Å². The highest BCUT2D eigenvalue weighted by Gasteiger charge is 2.24. The SMILES string of the molecule is Nc1cccnc1N.Nc1ccncc1N.Nc1nc(N)c(N)c(N)n1.Nc1nc(N)c2[nH]c(-c3c4cccccc-4[nH]c3=O)nc2n1.O=Cc1c2cccccc-2[nH]c1=O.O=Cc1c2cccccc-2[nH]c1=O.O=Cc1c2cccccc-2[nH]c1=O.O=c1[nH]c2cccccc-2c1-c1nc2ccncc2[nH]1.O=c1[nH]c2cccccc-2c1-c1nc2ncccc2[nH]1. The molecule has 0 amide bonds. The predicted octanol–water partition coefficient (Wildman–Crippen LogP) is 8.99. The first-order valence-corrected chi connectivity index (χ1v) is 37.8. The number of carbonyl (C=O) groups excluding carboxylic acids is 3. The van der Waals surface area contributed by atoms with E-state index in [1.54, 1.807) is 104 Å². The first kappa shape index (κ1) is 85.6. The average Bonchev–Trinajstić information content (AvgIpc) is 1.63. The Morgan fingerprint density at radius 1 is 0.260 bits per heavy atom. The lowest BCUT2D eigenvalue weighted by Gasteiger charge is -2.01. The van der Waals surface area contributed by atoms with Crippen molar-refractivity contribution in [1.82, 2.24) is 99.7 Å². The Labute approximate surface area is 714 Å². The number of hydrogen-bond acceptors (Lipinski definition) is 30. The van der Waals surface area contributed by atoms with Gasteiger partial charge in [0.05, 0.1) is 79.4 Å². The van der Waals surface area contributed by atoms with Gasteiger partial charge >= 0.3 is 0 Å². The molecule has 39 heteroatoms. The van der Waals surface area contributed by atoms with Gasteiger partial charge in [0.2, 0.25) is 11.9 Å². The number of aromatic nitrogens is 20. The number of anilines is 10. The molecule has 21 rings (SSSR count). The van der Waals surface area contributed by atoms with Crippen LogP contribution in [0.2, 0.25) is 0 Å². The Kier molecular flexibility index (Phi) is 26.4. The van der Waals surface area contributed by atoms with Crippen molar-refractivity contribution >= 4 is 110 Å². The quantitative estimate of drug-likeness (QED) is 0.0690. The maximum Gasteiger partial charge on any atom is 0.260 e. The van der Waals surface area contributed by atoms with E-state index >= 15 is 0 Å². The number of nitrogen functional groups attached to an aromatic ring is 10. The highest BCUT2D eigenvalue weighted by atomic mass is 16.2. The fourth-order valence-corrected chi connectivity index (χ4v) is 12.6. The van der Waals surface area contributed by atoms with E-state index in [4.69, 9.17) is 57.3 Å². The van der Waals surface area contributed by atoms with Crippen molar-refractivity contribution < 1.29 is 14.4 Å². The number of rotatable bonds is 6. The van der Waals surface area contributed by atoms with E-state index in [1.807, 2.05) is 146 Å². The summed E-state index contributed by atoms with van der Waals surface area (Å²) in [5.74, 6) is 2.38. The zero-order valence-corrected chi connectivity index (χ0v) is 66.3. The first-order valence-electron chi connectivity index (χ1n) is 37.8. The Morgan fingerprint density at radius 3 is 1.02 bits per heavy atom. The Bertz CT molecular complexity index is 7120. The number of aromatic amines is 9. The van der Waals surface area contributed by atoms with Crippen LogP contribution in [0.1, 0.15) is 31.1 Å². The van der Waals surface area contributed by atoms with Gasteiger partial charge in [-0.25, -0.2) is 24.9 Å². The topological polar surface area (TPSA) is 698 Å². The molecule has 6 aliphatic heterocycles. The third kappa shape index (κ3) is 19.9. The van der Waals surface area contributed by atoms with Gasteiger partial charge in [0.25, 0.3) is 33.4 Å². The van der Waals surface area contributed by atoms with E-state index in [0.29, 0.717) is 126 Å². The second kappa shape index (κ2) is 39.1. The molecule has 0 bridgehead atoms. The smallest absolute Gasteiger partial charge is 0.260 e. The summed E-state index contributed by atoms with van der Waals surface area (Å²) in [6, 6.07) is 65.8. The second-order valence-electron chi connectivity index (χ2n) is 26.8. The number of carbonyl (C=O) groups is 3. The summed E-state index contributed by atoms with van der Waals surface area (Å²) in [7, 11) is 0. The molecule has 6 aliphatic carbocycles. The van der Waals surface area contributed by atoms with Crippen LogP contribution in [0.5, 0.6) is 0 Å². The van der Waals surface area contributed by atoms with Crippen molar-refractivity contribution in [3.05, 3.63) is 334 Å². The fraction of sp³-hybridized carbons (Fsp3) is 0.